The van der Waals surface area contributed by atoms with E-state index in [1.807, 2.05) is 18.3 Å². The highest BCUT2D eigenvalue weighted by Crippen LogP contribution is 2.22. The van der Waals surface area contributed by atoms with E-state index in [9.17, 15) is 0 Å². The van der Waals surface area contributed by atoms with E-state index in [1.165, 1.54) is 12.8 Å². The molecule has 12 heavy (non-hydrogen) atoms. The van der Waals surface area contributed by atoms with Crippen LogP contribution in [-0.4, -0.2) is 25.1 Å². The van der Waals surface area contributed by atoms with Gasteiger partial charge < -0.3 is 10.2 Å². The predicted octanol–water partition coefficient (Wildman–Crippen LogP) is 0.209. The summed E-state index contributed by atoms with van der Waals surface area (Å²) in [5.74, 6) is 1.61. The molecule has 0 radical (unpaired) electrons. The summed E-state index contributed by atoms with van der Waals surface area (Å²) in [6.45, 7) is 2.19. The van der Waals surface area contributed by atoms with Gasteiger partial charge in [0, 0.05) is 19.5 Å². The molecule has 1 unspecified atom stereocenters. The average Bonchev–Trinajstić information content (AvgIpc) is 2.54. The summed E-state index contributed by atoms with van der Waals surface area (Å²) in [4.78, 5) is 5.30. The molecule has 1 atom stereocenters. The normalized spacial score (nSPS) is 29.9. The molecule has 4 nitrogen and oxygen atoms in total. The molecular formula is C8H15N3O. The van der Waals surface area contributed by atoms with Gasteiger partial charge in [-0.3, -0.25) is 5.01 Å². The number of hydrogen-bond donors (Lipinski definition) is 2. The second kappa shape index (κ2) is 3.33. The van der Waals surface area contributed by atoms with E-state index in [-0.39, 0.29) is 0 Å². The smallest absolute Gasteiger partial charge is 0.148 e. The topological polar surface area (TPSA) is 36.5 Å². The molecule has 0 aromatic rings. The standard InChI is InChI=1S/C8H15N3O/c1-11-6-8(12-10-11)7-3-2-4-9-5-7/h6-7,9-10H,2-5H2,1H3. The lowest BCUT2D eigenvalue weighted by atomic mass is 9.98. The fraction of sp³-hybridized carbons (Fsp3) is 0.750. The van der Waals surface area contributed by atoms with Gasteiger partial charge in [0.1, 0.15) is 5.76 Å². The van der Waals surface area contributed by atoms with Crippen LogP contribution in [-0.2, 0) is 4.84 Å². The highest BCUT2D eigenvalue weighted by Gasteiger charge is 2.22. The zero-order valence-corrected chi connectivity index (χ0v) is 7.34. The SMILES string of the molecule is CN1C=C(C2CCCNC2)ON1. The molecule has 2 N–H and O–H groups in total. The molecule has 1 saturated heterocycles. The number of rotatable bonds is 1. The van der Waals surface area contributed by atoms with Crippen LogP contribution < -0.4 is 10.9 Å². The summed E-state index contributed by atoms with van der Waals surface area (Å²) in [7, 11) is 1.93. The van der Waals surface area contributed by atoms with Gasteiger partial charge in [-0.2, -0.15) is 0 Å². The van der Waals surface area contributed by atoms with Crippen molar-refractivity contribution < 1.29 is 4.84 Å². The van der Waals surface area contributed by atoms with Gasteiger partial charge in [0.2, 0.25) is 0 Å². The Bertz CT molecular complexity index is 187. The summed E-state index contributed by atoms with van der Waals surface area (Å²) in [5, 5.41) is 5.20. The van der Waals surface area contributed by atoms with Crippen molar-refractivity contribution in [1.82, 2.24) is 15.9 Å². The van der Waals surface area contributed by atoms with Gasteiger partial charge >= 0.3 is 0 Å². The van der Waals surface area contributed by atoms with Crippen molar-refractivity contribution in [3.63, 3.8) is 0 Å². The first-order valence-electron chi connectivity index (χ1n) is 4.44. The van der Waals surface area contributed by atoms with Gasteiger partial charge in [-0.15, -0.1) is 0 Å². The Morgan fingerprint density at radius 1 is 1.67 bits per heavy atom. The molecule has 0 aliphatic carbocycles. The van der Waals surface area contributed by atoms with E-state index in [2.05, 4.69) is 10.9 Å². The molecule has 0 spiro atoms. The van der Waals surface area contributed by atoms with Gasteiger partial charge in [-0.1, -0.05) is 5.59 Å². The molecule has 68 valence electrons. The average molecular weight is 169 g/mol. The maximum atomic E-state index is 5.30. The zero-order chi connectivity index (χ0) is 8.39. The number of hydrazine groups is 1. The summed E-state index contributed by atoms with van der Waals surface area (Å²) < 4.78 is 0. The molecule has 0 aromatic heterocycles. The Morgan fingerprint density at radius 3 is 3.17 bits per heavy atom. The van der Waals surface area contributed by atoms with E-state index in [0.29, 0.717) is 5.92 Å². The molecule has 2 aliphatic heterocycles. The third-order valence-corrected chi connectivity index (χ3v) is 2.33. The van der Waals surface area contributed by atoms with Crippen molar-refractivity contribution in [3.05, 3.63) is 12.0 Å². The van der Waals surface area contributed by atoms with Crippen molar-refractivity contribution in [2.45, 2.75) is 12.8 Å². The summed E-state index contributed by atoms with van der Waals surface area (Å²) >= 11 is 0. The highest BCUT2D eigenvalue weighted by atomic mass is 16.7. The number of hydrogen-bond acceptors (Lipinski definition) is 4. The lowest BCUT2D eigenvalue weighted by Gasteiger charge is -2.21. The van der Waals surface area contributed by atoms with Gasteiger partial charge in [-0.05, 0) is 19.4 Å². The first kappa shape index (κ1) is 7.89. The fourth-order valence-electron chi connectivity index (χ4n) is 1.65. The van der Waals surface area contributed by atoms with Crippen molar-refractivity contribution in [3.8, 4) is 0 Å². The van der Waals surface area contributed by atoms with Crippen molar-refractivity contribution in [2.24, 2.45) is 5.92 Å². The third-order valence-electron chi connectivity index (χ3n) is 2.33. The molecule has 1 fully saturated rings. The first-order valence-corrected chi connectivity index (χ1v) is 4.44. The highest BCUT2D eigenvalue weighted by molar-refractivity contribution is 5.01. The molecular weight excluding hydrogens is 154 g/mol. The third kappa shape index (κ3) is 1.54. The molecule has 0 aromatic carbocycles. The first-order chi connectivity index (χ1) is 5.86. The maximum absolute atomic E-state index is 5.30. The van der Waals surface area contributed by atoms with E-state index in [4.69, 9.17) is 4.84 Å². The molecule has 0 saturated carbocycles. The summed E-state index contributed by atoms with van der Waals surface area (Å²) in [6, 6.07) is 0. The van der Waals surface area contributed by atoms with Crippen LogP contribution in [0.5, 0.6) is 0 Å². The van der Waals surface area contributed by atoms with Crippen LogP contribution >= 0.6 is 0 Å². The second-order valence-corrected chi connectivity index (χ2v) is 3.38. The molecule has 2 rings (SSSR count). The van der Waals surface area contributed by atoms with Crippen molar-refractivity contribution in [2.75, 3.05) is 20.1 Å². The Hall–Kier alpha value is -0.740. The molecule has 2 aliphatic rings. The quantitative estimate of drug-likeness (QED) is 0.588. The van der Waals surface area contributed by atoms with Crippen LogP contribution in [0.1, 0.15) is 12.8 Å². The number of nitrogens with zero attached hydrogens (tertiary/aromatic N) is 1. The minimum Gasteiger partial charge on any atom is -0.392 e. The molecule has 0 bridgehead atoms. The molecule has 0 amide bonds. The molecule has 2 heterocycles. The van der Waals surface area contributed by atoms with Crippen LogP contribution in [0.2, 0.25) is 0 Å². The largest absolute Gasteiger partial charge is 0.392 e. The second-order valence-electron chi connectivity index (χ2n) is 3.38. The Balaban J connectivity index is 1.94. The molecule has 4 heteroatoms. The Labute approximate surface area is 72.5 Å². The van der Waals surface area contributed by atoms with Gasteiger partial charge in [-0.25, -0.2) is 0 Å². The predicted molar refractivity (Wildman–Crippen MR) is 45.7 cm³/mol. The lowest BCUT2D eigenvalue weighted by Crippen LogP contribution is -2.31. The van der Waals surface area contributed by atoms with E-state index in [1.54, 1.807) is 0 Å². The summed E-state index contributed by atoms with van der Waals surface area (Å²) in [6.07, 6.45) is 4.49. The van der Waals surface area contributed by atoms with Gasteiger partial charge in [0.25, 0.3) is 0 Å². The zero-order valence-electron chi connectivity index (χ0n) is 7.34. The Morgan fingerprint density at radius 2 is 2.58 bits per heavy atom. The van der Waals surface area contributed by atoms with Crippen LogP contribution in [0.4, 0.5) is 0 Å². The fourth-order valence-corrected chi connectivity index (χ4v) is 1.65. The van der Waals surface area contributed by atoms with E-state index >= 15 is 0 Å². The summed E-state index contributed by atoms with van der Waals surface area (Å²) in [5.41, 5.74) is 2.78. The van der Waals surface area contributed by atoms with E-state index in [0.717, 1.165) is 18.8 Å². The number of nitrogens with one attached hydrogen (secondary N) is 2. The van der Waals surface area contributed by atoms with Crippen LogP contribution in [0.25, 0.3) is 0 Å². The minimum atomic E-state index is 0.552. The van der Waals surface area contributed by atoms with Gasteiger partial charge in [0.15, 0.2) is 0 Å². The van der Waals surface area contributed by atoms with Crippen LogP contribution in [0, 0.1) is 5.92 Å². The monoisotopic (exact) mass is 169 g/mol. The van der Waals surface area contributed by atoms with Crippen molar-refractivity contribution in [1.29, 1.82) is 0 Å². The lowest BCUT2D eigenvalue weighted by molar-refractivity contribution is 0.0217. The van der Waals surface area contributed by atoms with E-state index < -0.39 is 0 Å². The number of piperidine rings is 1. The maximum Gasteiger partial charge on any atom is 0.148 e. The minimum absolute atomic E-state index is 0.552. The van der Waals surface area contributed by atoms with Crippen LogP contribution in [0.15, 0.2) is 12.0 Å². The Kier molecular flexibility index (Phi) is 2.19. The van der Waals surface area contributed by atoms with Crippen LogP contribution in [0.3, 0.4) is 0 Å². The van der Waals surface area contributed by atoms with Gasteiger partial charge in [0.05, 0.1) is 6.20 Å². The van der Waals surface area contributed by atoms with Crippen molar-refractivity contribution >= 4 is 0 Å².